The first-order valence-corrected chi connectivity index (χ1v) is 7.03. The van der Waals surface area contributed by atoms with Gasteiger partial charge >= 0.3 is 5.97 Å². The fourth-order valence-electron chi connectivity index (χ4n) is 1.76. The molecule has 0 atom stereocenters. The molecule has 20 heavy (non-hydrogen) atoms. The number of alkyl halides is 1. The van der Waals surface area contributed by atoms with Crippen molar-refractivity contribution < 1.29 is 19.4 Å². The number of rotatable bonds is 3. The Morgan fingerprint density at radius 3 is 2.25 bits per heavy atom. The van der Waals surface area contributed by atoms with E-state index in [-0.39, 0.29) is 11.5 Å². The summed E-state index contributed by atoms with van der Waals surface area (Å²) in [6.07, 6.45) is 0. The average Bonchev–Trinajstić information content (AvgIpc) is 2.37. The van der Waals surface area contributed by atoms with Crippen LogP contribution in [0.15, 0.2) is 36.4 Å². The molecular weight excluding hydrogens is 371 g/mol. The molecule has 104 valence electrons. The van der Waals surface area contributed by atoms with Crippen LogP contribution in [0.4, 0.5) is 0 Å². The molecule has 0 bridgehead atoms. The topological polar surface area (TPSA) is 66.4 Å². The zero-order valence-corrected chi connectivity index (χ0v) is 13.1. The minimum atomic E-state index is -1.26. The Morgan fingerprint density at radius 1 is 1.10 bits per heavy atom. The van der Waals surface area contributed by atoms with Crippen LogP contribution in [-0.2, 0) is 4.79 Å². The lowest BCUT2D eigenvalue weighted by atomic mass is 10.0. The van der Waals surface area contributed by atoms with E-state index in [2.05, 4.69) is 0 Å². The summed E-state index contributed by atoms with van der Waals surface area (Å²) in [6.45, 7) is 3.49. The van der Waals surface area contributed by atoms with Gasteiger partial charge in [0.05, 0.1) is 5.97 Å². The van der Waals surface area contributed by atoms with E-state index in [0.717, 1.165) is 0 Å². The number of hydrogen-bond acceptors (Lipinski definition) is 4. The molecule has 0 unspecified atom stereocenters. The summed E-state index contributed by atoms with van der Waals surface area (Å²) in [7, 11) is 0. The van der Waals surface area contributed by atoms with Crippen molar-refractivity contribution >= 4 is 45.3 Å². The van der Waals surface area contributed by atoms with Crippen LogP contribution in [0.2, 0.25) is 0 Å². The number of carbonyl (C=O) groups excluding carboxylic acids is 2. The normalized spacial score (nSPS) is 11.3. The highest BCUT2D eigenvalue weighted by molar-refractivity contribution is 14.1. The zero-order valence-electron chi connectivity index (χ0n) is 11.0. The van der Waals surface area contributed by atoms with Crippen molar-refractivity contribution in [2.75, 3.05) is 0 Å². The predicted octanol–water partition coefficient (Wildman–Crippen LogP) is 2.32. The Bertz CT molecular complexity index is 686. The van der Waals surface area contributed by atoms with Crippen LogP contribution in [0.1, 0.15) is 24.2 Å². The average molecular weight is 383 g/mol. The van der Waals surface area contributed by atoms with Crippen molar-refractivity contribution in [2.24, 2.45) is 0 Å². The largest absolute Gasteiger partial charge is 0.545 e. The smallest absolute Gasteiger partial charge is 0.326 e. The van der Waals surface area contributed by atoms with E-state index >= 15 is 0 Å². The van der Waals surface area contributed by atoms with Gasteiger partial charge in [-0.05, 0) is 31.4 Å². The molecule has 0 aromatic heterocycles. The molecule has 0 aliphatic heterocycles. The van der Waals surface area contributed by atoms with Crippen LogP contribution in [0.5, 0.6) is 5.75 Å². The molecule has 0 radical (unpaired) electrons. The molecule has 0 spiro atoms. The molecule has 0 saturated heterocycles. The lowest BCUT2D eigenvalue weighted by Crippen LogP contribution is -2.29. The number of ether oxygens (including phenoxy) is 1. The second-order valence-electron chi connectivity index (χ2n) is 4.81. The van der Waals surface area contributed by atoms with E-state index in [9.17, 15) is 14.7 Å². The van der Waals surface area contributed by atoms with Gasteiger partial charge in [0, 0.05) is 10.9 Å². The SMILES string of the molecule is CC(C)(I)C(=O)Oc1ccc(C(=O)[O-])c2ccccc12. The highest BCUT2D eigenvalue weighted by Crippen LogP contribution is 2.30. The lowest BCUT2D eigenvalue weighted by molar-refractivity contribution is -0.254. The molecule has 0 N–H and O–H groups in total. The maximum Gasteiger partial charge on any atom is 0.326 e. The van der Waals surface area contributed by atoms with E-state index in [1.165, 1.54) is 12.1 Å². The molecule has 0 fully saturated rings. The van der Waals surface area contributed by atoms with Gasteiger partial charge in [0.1, 0.15) is 9.17 Å². The van der Waals surface area contributed by atoms with Crippen LogP contribution in [0, 0.1) is 0 Å². The molecule has 0 saturated carbocycles. The molecule has 2 aromatic rings. The Labute approximate surface area is 129 Å². The zero-order chi connectivity index (χ0) is 14.9. The van der Waals surface area contributed by atoms with Gasteiger partial charge < -0.3 is 14.6 Å². The number of benzene rings is 2. The molecule has 4 nitrogen and oxygen atoms in total. The molecule has 0 aliphatic rings. The third kappa shape index (κ3) is 2.92. The summed E-state index contributed by atoms with van der Waals surface area (Å²) in [4.78, 5) is 23.0. The first kappa shape index (κ1) is 14.8. The fraction of sp³-hybridized carbons (Fsp3) is 0.200. The van der Waals surface area contributed by atoms with Crippen LogP contribution >= 0.6 is 22.6 Å². The molecule has 0 heterocycles. The number of esters is 1. The van der Waals surface area contributed by atoms with Crippen molar-refractivity contribution in [2.45, 2.75) is 17.3 Å². The van der Waals surface area contributed by atoms with Crippen LogP contribution in [0.25, 0.3) is 10.8 Å². The third-order valence-corrected chi connectivity index (χ3v) is 3.23. The third-order valence-electron chi connectivity index (χ3n) is 2.79. The number of carboxylic acids is 1. The summed E-state index contributed by atoms with van der Waals surface area (Å²) < 4.78 is 4.71. The van der Waals surface area contributed by atoms with E-state index in [1.807, 2.05) is 22.6 Å². The van der Waals surface area contributed by atoms with Crippen LogP contribution < -0.4 is 9.84 Å². The summed E-state index contributed by atoms with van der Waals surface area (Å²) in [5, 5.41) is 12.1. The quantitative estimate of drug-likeness (QED) is 0.353. The molecular formula is C15H12IO4-. The van der Waals surface area contributed by atoms with Crippen molar-refractivity contribution in [3.63, 3.8) is 0 Å². The van der Waals surface area contributed by atoms with Gasteiger partial charge in [-0.15, -0.1) is 0 Å². The number of aromatic carboxylic acids is 1. The van der Waals surface area contributed by atoms with Gasteiger partial charge in [-0.2, -0.15) is 0 Å². The molecule has 0 amide bonds. The highest BCUT2D eigenvalue weighted by atomic mass is 127. The number of carboxylic acid groups (broad SMARTS) is 1. The van der Waals surface area contributed by atoms with E-state index in [4.69, 9.17) is 4.74 Å². The highest BCUT2D eigenvalue weighted by Gasteiger charge is 2.26. The van der Waals surface area contributed by atoms with Crippen molar-refractivity contribution in [3.05, 3.63) is 42.0 Å². The number of hydrogen-bond donors (Lipinski definition) is 0. The van der Waals surface area contributed by atoms with E-state index in [0.29, 0.717) is 16.5 Å². The van der Waals surface area contributed by atoms with Crippen LogP contribution in [0.3, 0.4) is 0 Å². The molecule has 2 rings (SSSR count). The Morgan fingerprint density at radius 2 is 1.70 bits per heavy atom. The predicted molar refractivity (Wildman–Crippen MR) is 82.0 cm³/mol. The monoisotopic (exact) mass is 383 g/mol. The van der Waals surface area contributed by atoms with E-state index < -0.39 is 9.39 Å². The number of fused-ring (bicyclic) bond motifs is 1. The second-order valence-corrected chi connectivity index (χ2v) is 7.50. The second kappa shape index (κ2) is 5.40. The van der Waals surface area contributed by atoms with Crippen molar-refractivity contribution in [1.29, 1.82) is 0 Å². The summed E-state index contributed by atoms with van der Waals surface area (Å²) >= 11 is 1.99. The Balaban J connectivity index is 2.54. The van der Waals surface area contributed by atoms with Gasteiger partial charge in [-0.1, -0.05) is 46.9 Å². The summed E-state index contributed by atoms with van der Waals surface area (Å²) in [6, 6.07) is 9.72. The van der Waals surface area contributed by atoms with E-state index in [1.54, 1.807) is 38.1 Å². The fourth-order valence-corrected chi connectivity index (χ4v) is 1.87. The standard InChI is InChI=1S/C15H13IO4/c1-15(2,16)14(19)20-12-8-7-11(13(17)18)9-5-3-4-6-10(9)12/h3-8H,1-2H3,(H,17,18)/p-1. The van der Waals surface area contributed by atoms with Crippen molar-refractivity contribution in [1.82, 2.24) is 0 Å². The van der Waals surface area contributed by atoms with Crippen LogP contribution in [-0.4, -0.2) is 15.4 Å². The molecule has 2 aromatic carbocycles. The Kier molecular flexibility index (Phi) is 3.99. The van der Waals surface area contributed by atoms with Gasteiger partial charge in [0.2, 0.25) is 0 Å². The van der Waals surface area contributed by atoms with Gasteiger partial charge in [0.15, 0.2) is 0 Å². The number of halogens is 1. The lowest BCUT2D eigenvalue weighted by Gasteiger charge is -2.17. The summed E-state index contributed by atoms with van der Waals surface area (Å²) in [5.41, 5.74) is 0.0779. The molecule has 5 heteroatoms. The van der Waals surface area contributed by atoms with Gasteiger partial charge in [-0.25, -0.2) is 0 Å². The minimum absolute atomic E-state index is 0.0779. The first-order valence-electron chi connectivity index (χ1n) is 5.95. The summed E-state index contributed by atoms with van der Waals surface area (Å²) in [5.74, 6) is -1.29. The maximum absolute atomic E-state index is 11.9. The first-order chi connectivity index (χ1) is 9.30. The van der Waals surface area contributed by atoms with Gasteiger partial charge in [0.25, 0.3) is 0 Å². The van der Waals surface area contributed by atoms with Gasteiger partial charge in [-0.3, -0.25) is 4.79 Å². The minimum Gasteiger partial charge on any atom is -0.545 e. The number of carbonyl (C=O) groups is 2. The molecule has 0 aliphatic carbocycles. The van der Waals surface area contributed by atoms with Crippen molar-refractivity contribution in [3.8, 4) is 5.75 Å². The maximum atomic E-state index is 11.9. The Hall–Kier alpha value is -1.63.